The minimum Gasteiger partial charge on any atom is -0.508 e. The molecule has 57 heteroatoms. The number of unbranched alkanes of at least 4 members (excludes halogenated alkanes) is 5. The maximum atomic E-state index is 14.5. The summed E-state index contributed by atoms with van der Waals surface area (Å²) in [6.07, 6.45) is -4.08. The van der Waals surface area contributed by atoms with Gasteiger partial charge in [0, 0.05) is 31.6 Å². The molecule has 147 heavy (non-hydrogen) atoms. The number of phenols is 1. The fraction of sp³-hybridized carbons (Fsp3) is 0.678. The Labute approximate surface area is 854 Å². The number of nitrogens with zero attached hydrogens (tertiary/aromatic N) is 1. The number of rotatable bonds is 75. The number of carboxylic acid groups (broad SMARTS) is 3. The van der Waals surface area contributed by atoms with Gasteiger partial charge in [-0.1, -0.05) is 52.7 Å². The van der Waals surface area contributed by atoms with E-state index in [1.807, 2.05) is 0 Å². The normalized spacial score (nSPS) is 15.9. The summed E-state index contributed by atoms with van der Waals surface area (Å²) in [5.74, 6) is -28.3. The average molecular weight is 2110 g/mol. The van der Waals surface area contributed by atoms with E-state index >= 15 is 0 Å². The molecule has 0 bridgehead atoms. The Kier molecular flexibility index (Phi) is 61.7. The number of amides is 20. The third-order valence-electron chi connectivity index (χ3n) is 23.5. The first-order valence-electron chi connectivity index (χ1n) is 48.7. The third kappa shape index (κ3) is 48.8. The summed E-state index contributed by atoms with van der Waals surface area (Å²) in [6, 6.07) is -22.4. The van der Waals surface area contributed by atoms with Crippen molar-refractivity contribution in [3.8, 4) is 5.75 Å². The number of primary amides is 2. The Bertz CT molecular complexity index is 4550. The van der Waals surface area contributed by atoms with Gasteiger partial charge in [0.2, 0.25) is 118 Å². The average Bonchev–Trinajstić information content (AvgIpc) is 1.69. The van der Waals surface area contributed by atoms with Crippen LogP contribution in [0.2, 0.25) is 0 Å². The van der Waals surface area contributed by atoms with Crippen molar-refractivity contribution in [3.05, 3.63) is 29.8 Å². The summed E-state index contributed by atoms with van der Waals surface area (Å²) in [4.78, 5) is 314. The molecular weight excluding hydrogens is 1960 g/mol. The lowest BCUT2D eigenvalue weighted by Crippen LogP contribution is -2.61. The van der Waals surface area contributed by atoms with E-state index in [0.29, 0.717) is 44.2 Å². The number of hydrogen-bond donors (Lipinski definition) is 33. The largest absolute Gasteiger partial charge is 0.508 e. The van der Waals surface area contributed by atoms with Crippen LogP contribution < -0.4 is 136 Å². The zero-order valence-corrected chi connectivity index (χ0v) is 84.2. The molecule has 0 aliphatic carbocycles. The fourth-order valence-electron chi connectivity index (χ4n) is 14.9. The molecule has 0 radical (unpaired) electrons. The molecule has 2 rings (SSSR count). The summed E-state index contributed by atoms with van der Waals surface area (Å²) >= 11 is 4.23. The maximum absolute atomic E-state index is 14.5. The molecule has 56 nitrogen and oxygen atoms in total. The standard InChI is InChI=1S/C90H152N26O30S/c1-6-47(4)72(115-74(129)51(96)18-7-12-32-91)87(142)106-57(29-31-70(127)128)80(135)103-54(21-10-15-35-94)79(134)107-59(39-65(97)121)75(130)99-41-67(123)101-52(19-8-13-33-92)82(137)114-71(46(2)3)86(141)110-61(43-117)76(131)100-42-68(124)113-73(48(5)119)88(143)105-55(22-11-16-36-95)78(133)102-53(20-9-14-34-93)77(132)104-56(28-30-69(125)126)81(136)108-60(40-66(98)122)84(139)112-63(45-147)89(144)116-37-17-23-64(116)85(140)109-58(38-49-24-26-50(120)27-25-49)83(138)111-62(44-118)90(145)146/h24-27,46-48,51-64,71-73,117-120,147H,6-23,28-45,91-96H2,1-5H3,(H2,97,121)(H2,98,122)(H,99,130)(H,100,131)(H,101,123)(H,102,133)(H,103,135)(H,104,132)(H,105,143)(H,106,142)(H,107,134)(H,108,136)(H,109,140)(H,110,141)(H,111,138)(H,112,139)(H,113,124)(H,114,137)(H,115,129)(H,125,126)(H,127,128)(H,145,146)/t47-,48+,51-,52-,53-,54-,55-,56-,57-,58-,59-,60-,61-,62-,63-,64-,71-,72-,73-/m0/s1. The van der Waals surface area contributed by atoms with Gasteiger partial charge in [0.05, 0.1) is 51.3 Å². The zero-order chi connectivity index (χ0) is 111. The Morgan fingerprint density at radius 3 is 1.14 bits per heavy atom. The lowest BCUT2D eigenvalue weighted by atomic mass is 9.96. The van der Waals surface area contributed by atoms with Gasteiger partial charge in [0.15, 0.2) is 0 Å². The molecule has 1 saturated heterocycles. The van der Waals surface area contributed by atoms with Crippen LogP contribution in [0.4, 0.5) is 0 Å². The summed E-state index contributed by atoms with van der Waals surface area (Å²) < 4.78 is 0. The van der Waals surface area contributed by atoms with Gasteiger partial charge >= 0.3 is 17.9 Å². The second kappa shape index (κ2) is 69.8. The van der Waals surface area contributed by atoms with Crippen LogP contribution in [0, 0.1) is 11.8 Å². The molecular formula is C90H152N26O30S. The van der Waals surface area contributed by atoms with Crippen LogP contribution in [0.3, 0.4) is 0 Å². The second-order valence-corrected chi connectivity index (χ2v) is 36.2. The molecule has 0 unspecified atom stereocenters. The first kappa shape index (κ1) is 130. The summed E-state index contributed by atoms with van der Waals surface area (Å²) in [7, 11) is 0. The number of nitrogens with one attached hydrogen (secondary N) is 17. The van der Waals surface area contributed by atoms with Gasteiger partial charge in [0.25, 0.3) is 0 Å². The van der Waals surface area contributed by atoms with Crippen molar-refractivity contribution < 1.29 is 146 Å². The van der Waals surface area contributed by atoms with Gasteiger partial charge in [0.1, 0.15) is 102 Å². The lowest BCUT2D eigenvalue weighted by Gasteiger charge is -2.30. The molecule has 1 aromatic rings. The summed E-state index contributed by atoms with van der Waals surface area (Å²) in [5, 5.41) is 110. The highest BCUT2D eigenvalue weighted by Gasteiger charge is 2.43. The molecule has 1 heterocycles. The third-order valence-corrected chi connectivity index (χ3v) is 23.9. The van der Waals surface area contributed by atoms with E-state index in [0.717, 1.165) is 11.8 Å². The van der Waals surface area contributed by atoms with Gasteiger partial charge in [-0.3, -0.25) is 105 Å². The Morgan fingerprint density at radius 2 is 0.741 bits per heavy atom. The molecule has 828 valence electrons. The van der Waals surface area contributed by atoms with Crippen molar-refractivity contribution in [2.75, 3.05) is 71.3 Å². The van der Waals surface area contributed by atoms with Crippen LogP contribution in [0.15, 0.2) is 24.3 Å². The van der Waals surface area contributed by atoms with E-state index in [1.54, 1.807) is 13.8 Å². The number of aliphatic carboxylic acids is 3. The van der Waals surface area contributed by atoms with Crippen molar-refractivity contribution in [1.82, 2.24) is 95.3 Å². The highest BCUT2D eigenvalue weighted by Crippen LogP contribution is 2.22. The van der Waals surface area contributed by atoms with Crippen molar-refractivity contribution in [3.63, 3.8) is 0 Å². The predicted molar refractivity (Wildman–Crippen MR) is 527 cm³/mol. The molecule has 1 aliphatic heterocycles. The number of likely N-dealkylation sites (tertiary alicyclic amines) is 1. The Hall–Kier alpha value is -13.2. The number of carboxylic acids is 3. The highest BCUT2D eigenvalue weighted by molar-refractivity contribution is 7.80. The van der Waals surface area contributed by atoms with E-state index in [4.69, 9.17) is 45.9 Å². The smallest absolute Gasteiger partial charge is 0.328 e. The number of carbonyl (C=O) groups excluding carboxylic acids is 20. The second-order valence-electron chi connectivity index (χ2n) is 35.8. The van der Waals surface area contributed by atoms with Gasteiger partial charge in [-0.15, -0.1) is 0 Å². The van der Waals surface area contributed by atoms with E-state index in [1.165, 1.54) is 38.1 Å². The minimum atomic E-state index is -1.99. The van der Waals surface area contributed by atoms with Crippen LogP contribution in [0.25, 0.3) is 0 Å². The molecule has 0 saturated carbocycles. The number of aliphatic hydroxyl groups excluding tert-OH is 3. The number of phenolic OH excluding ortho intramolecular Hbond substituents is 1. The van der Waals surface area contributed by atoms with E-state index < -0.39 is 327 Å². The van der Waals surface area contributed by atoms with Gasteiger partial charge < -0.3 is 177 Å². The number of carbonyl (C=O) groups is 23. The number of aromatic hydroxyl groups is 1. The molecule has 1 aromatic carbocycles. The Balaban J connectivity index is 2.36. The first-order chi connectivity index (χ1) is 69.5. The predicted octanol–water partition coefficient (Wildman–Crippen LogP) is -12.0. The minimum absolute atomic E-state index is 0.00758. The molecule has 40 N–H and O–H groups in total. The molecule has 1 fully saturated rings. The van der Waals surface area contributed by atoms with Crippen molar-refractivity contribution in [2.45, 2.75) is 304 Å². The SMILES string of the molecule is CC[C@H](C)[C@H](NC(=O)[C@@H](N)CCCCN)C(=O)N[C@@H](CCC(=O)O)C(=O)N[C@@H](CCCCN)C(=O)N[C@@H](CC(N)=O)C(=O)NCC(=O)N[C@@H](CCCCN)C(=O)N[C@H](C(=O)N[C@@H](CO)C(=O)NCC(=O)N[C@H](C(=O)N[C@@H](CCCCN)C(=O)N[C@@H](CCCCN)C(=O)N[C@@H](CCC(=O)O)C(=O)N[C@@H](CC(N)=O)C(=O)N[C@@H](CS)C(=O)N1CCC[C@H]1C(=O)N[C@@H](Cc1ccc(O)cc1)C(=O)N[C@@H](CO)C(=O)O)[C@@H](C)O)C(C)C. The molecule has 0 spiro atoms. The van der Waals surface area contributed by atoms with Crippen LogP contribution in [0.1, 0.15) is 194 Å². The quantitative estimate of drug-likeness (QED) is 0.0213. The highest BCUT2D eigenvalue weighted by atomic mass is 32.1. The van der Waals surface area contributed by atoms with E-state index in [2.05, 4.69) is 103 Å². The molecule has 20 amide bonds. The van der Waals surface area contributed by atoms with Crippen LogP contribution >= 0.6 is 12.6 Å². The van der Waals surface area contributed by atoms with Gasteiger partial charge in [-0.25, -0.2) is 4.79 Å². The maximum Gasteiger partial charge on any atom is 0.328 e. The fourth-order valence-corrected chi connectivity index (χ4v) is 15.1. The Morgan fingerprint density at radius 1 is 0.395 bits per heavy atom. The van der Waals surface area contributed by atoms with Crippen LogP contribution in [-0.4, -0.2) is 357 Å². The van der Waals surface area contributed by atoms with Crippen molar-refractivity contribution >= 4 is 149 Å². The van der Waals surface area contributed by atoms with E-state index in [-0.39, 0.29) is 128 Å². The van der Waals surface area contributed by atoms with Crippen molar-refractivity contribution in [2.24, 2.45) is 57.7 Å². The molecule has 1 aliphatic rings. The van der Waals surface area contributed by atoms with Gasteiger partial charge in [-0.05, 0) is 185 Å². The molecule has 19 atom stereocenters. The van der Waals surface area contributed by atoms with Crippen LogP contribution in [0.5, 0.6) is 5.75 Å². The number of benzene rings is 1. The van der Waals surface area contributed by atoms with E-state index in [9.17, 15) is 146 Å². The topological polar surface area (TPSA) is 950 Å². The molecule has 0 aromatic heterocycles. The summed E-state index contributed by atoms with van der Waals surface area (Å²) in [5.41, 5.74) is 46.1. The van der Waals surface area contributed by atoms with Gasteiger partial charge in [-0.2, -0.15) is 12.6 Å². The number of hydrogen-bond acceptors (Lipinski definition) is 34. The number of nitrogens with two attached hydrogens (primary N) is 8. The van der Waals surface area contributed by atoms with Crippen LogP contribution in [-0.2, 0) is 117 Å². The zero-order valence-electron chi connectivity index (χ0n) is 83.3. The number of aliphatic hydroxyl groups is 3. The number of thiol groups is 1. The lowest BCUT2D eigenvalue weighted by molar-refractivity contribution is -0.144. The monoisotopic (exact) mass is 2110 g/mol. The first-order valence-corrected chi connectivity index (χ1v) is 49.3. The summed E-state index contributed by atoms with van der Waals surface area (Å²) in [6.45, 7) is 3.78. The van der Waals surface area contributed by atoms with Crippen molar-refractivity contribution in [1.29, 1.82) is 0 Å².